The Labute approximate surface area is 187 Å². The van der Waals surface area contributed by atoms with Gasteiger partial charge in [0.25, 0.3) is 5.91 Å². The van der Waals surface area contributed by atoms with Crippen LogP contribution < -0.4 is 11.1 Å². The van der Waals surface area contributed by atoms with Gasteiger partial charge >= 0.3 is 5.76 Å². The fraction of sp³-hybridized carbons (Fsp3) is 0.227. The average Bonchev–Trinajstić information content (AvgIpc) is 3.26. The summed E-state index contributed by atoms with van der Waals surface area (Å²) in [6.07, 6.45) is 0. The van der Waals surface area contributed by atoms with E-state index in [1.807, 2.05) is 38.1 Å². The van der Waals surface area contributed by atoms with Gasteiger partial charge in [0.2, 0.25) is 0 Å². The van der Waals surface area contributed by atoms with Crippen LogP contribution in [0.5, 0.6) is 0 Å². The molecule has 0 fully saturated rings. The number of nitrogens with one attached hydrogen (secondary N) is 1. The number of benzene rings is 2. The minimum absolute atomic E-state index is 0.250. The molecule has 0 aliphatic carbocycles. The quantitative estimate of drug-likeness (QED) is 0.462. The van der Waals surface area contributed by atoms with Gasteiger partial charge in [0, 0.05) is 29.4 Å². The highest BCUT2D eigenvalue weighted by Gasteiger charge is 2.17. The highest BCUT2D eigenvalue weighted by Crippen LogP contribution is 2.29. The van der Waals surface area contributed by atoms with Crippen LogP contribution in [-0.2, 0) is 6.54 Å². The van der Waals surface area contributed by atoms with E-state index in [1.54, 1.807) is 34.9 Å². The summed E-state index contributed by atoms with van der Waals surface area (Å²) in [5, 5.41) is 4.31. The molecule has 2 aromatic heterocycles. The molecule has 1 amide bonds. The van der Waals surface area contributed by atoms with Crippen molar-refractivity contribution >= 4 is 45.6 Å². The second-order valence-electron chi connectivity index (χ2n) is 7.40. The molecule has 7 nitrogen and oxygen atoms in total. The Hall–Kier alpha value is -2.94. The number of hydrogen-bond acceptors (Lipinski definition) is 6. The maximum atomic E-state index is 12.9. The number of aromatic nitrogens is 2. The minimum Gasteiger partial charge on any atom is -0.408 e. The summed E-state index contributed by atoms with van der Waals surface area (Å²) >= 11 is 7.28. The molecule has 0 saturated heterocycles. The van der Waals surface area contributed by atoms with E-state index in [4.69, 9.17) is 16.0 Å². The van der Waals surface area contributed by atoms with Crippen molar-refractivity contribution in [1.29, 1.82) is 0 Å². The molecular formula is C22H21ClN4O3S. The lowest BCUT2D eigenvalue weighted by molar-refractivity contribution is 0.103. The normalized spacial score (nSPS) is 11.4. The van der Waals surface area contributed by atoms with Gasteiger partial charge in [-0.25, -0.2) is 9.78 Å². The summed E-state index contributed by atoms with van der Waals surface area (Å²) in [5.41, 5.74) is 3.27. The maximum Gasteiger partial charge on any atom is 0.419 e. The van der Waals surface area contributed by atoms with E-state index >= 15 is 0 Å². The maximum absolute atomic E-state index is 12.9. The van der Waals surface area contributed by atoms with Gasteiger partial charge in [-0.15, -0.1) is 11.3 Å². The van der Waals surface area contributed by atoms with E-state index in [9.17, 15) is 9.59 Å². The molecule has 2 heterocycles. The van der Waals surface area contributed by atoms with Gasteiger partial charge in [0.1, 0.15) is 9.88 Å². The molecule has 4 aromatic rings. The van der Waals surface area contributed by atoms with Crippen LogP contribution in [0.3, 0.4) is 0 Å². The fourth-order valence-corrected chi connectivity index (χ4v) is 4.26. The van der Waals surface area contributed by atoms with Crippen LogP contribution in [0.2, 0.25) is 5.02 Å². The first kappa shape index (κ1) is 21.3. The summed E-state index contributed by atoms with van der Waals surface area (Å²) in [6.45, 7) is 3.00. The number of fused-ring (bicyclic) bond motifs is 1. The molecule has 2 aromatic carbocycles. The Kier molecular flexibility index (Phi) is 5.95. The second kappa shape index (κ2) is 8.66. The molecule has 31 heavy (non-hydrogen) atoms. The summed E-state index contributed by atoms with van der Waals surface area (Å²) < 4.78 is 6.89. The van der Waals surface area contributed by atoms with Crippen molar-refractivity contribution in [2.45, 2.75) is 13.5 Å². The molecule has 0 spiro atoms. The summed E-state index contributed by atoms with van der Waals surface area (Å²) in [6, 6.07) is 12.5. The Morgan fingerprint density at radius 1 is 1.23 bits per heavy atom. The van der Waals surface area contributed by atoms with Crippen molar-refractivity contribution in [3.63, 3.8) is 0 Å². The average molecular weight is 457 g/mol. The number of likely N-dealkylation sites (N-methyl/N-ethyl adjacent to an activating group) is 1. The molecule has 0 saturated carbocycles. The predicted molar refractivity (Wildman–Crippen MR) is 124 cm³/mol. The molecule has 160 valence electrons. The number of rotatable bonds is 6. The van der Waals surface area contributed by atoms with E-state index in [1.165, 1.54) is 11.3 Å². The first-order valence-corrected chi connectivity index (χ1v) is 10.8. The van der Waals surface area contributed by atoms with E-state index in [-0.39, 0.29) is 5.91 Å². The van der Waals surface area contributed by atoms with Crippen LogP contribution in [-0.4, -0.2) is 41.0 Å². The van der Waals surface area contributed by atoms with Crippen molar-refractivity contribution in [1.82, 2.24) is 14.5 Å². The van der Waals surface area contributed by atoms with Gasteiger partial charge in [0.15, 0.2) is 5.58 Å². The number of thiazole rings is 1. The largest absolute Gasteiger partial charge is 0.419 e. The predicted octanol–water partition coefficient (Wildman–Crippen LogP) is 4.49. The Morgan fingerprint density at radius 3 is 2.68 bits per heavy atom. The molecule has 9 heteroatoms. The number of hydrogen-bond donors (Lipinski definition) is 1. The zero-order valence-corrected chi connectivity index (χ0v) is 18.9. The molecule has 0 radical (unpaired) electrons. The van der Waals surface area contributed by atoms with Gasteiger partial charge < -0.3 is 14.6 Å². The summed E-state index contributed by atoms with van der Waals surface area (Å²) in [5.74, 6) is -0.661. The molecular weight excluding hydrogens is 436 g/mol. The number of nitrogens with zero attached hydrogens (tertiary/aromatic N) is 3. The Morgan fingerprint density at radius 2 is 1.97 bits per heavy atom. The first-order valence-electron chi connectivity index (χ1n) is 9.64. The number of halogens is 1. The van der Waals surface area contributed by atoms with E-state index < -0.39 is 5.76 Å². The zero-order chi connectivity index (χ0) is 22.1. The van der Waals surface area contributed by atoms with Gasteiger partial charge in [-0.05, 0) is 51.4 Å². The zero-order valence-electron chi connectivity index (χ0n) is 17.3. The lowest BCUT2D eigenvalue weighted by Gasteiger charge is -2.10. The van der Waals surface area contributed by atoms with Crippen molar-refractivity contribution in [2.75, 3.05) is 26.0 Å². The van der Waals surface area contributed by atoms with Crippen LogP contribution in [0, 0.1) is 6.92 Å². The van der Waals surface area contributed by atoms with Crippen LogP contribution in [0.25, 0.3) is 21.7 Å². The van der Waals surface area contributed by atoms with Crippen molar-refractivity contribution in [3.8, 4) is 10.6 Å². The van der Waals surface area contributed by atoms with E-state index in [2.05, 4.69) is 10.3 Å². The summed E-state index contributed by atoms with van der Waals surface area (Å²) in [4.78, 5) is 32.1. The van der Waals surface area contributed by atoms with Crippen LogP contribution in [0.15, 0.2) is 51.7 Å². The van der Waals surface area contributed by atoms with Gasteiger partial charge in [-0.1, -0.05) is 23.7 Å². The van der Waals surface area contributed by atoms with Gasteiger partial charge in [-0.3, -0.25) is 9.36 Å². The van der Waals surface area contributed by atoms with Gasteiger partial charge in [0.05, 0.1) is 11.2 Å². The lowest BCUT2D eigenvalue weighted by atomic mass is 10.2. The monoisotopic (exact) mass is 456 g/mol. The second-order valence-corrected chi connectivity index (χ2v) is 8.84. The van der Waals surface area contributed by atoms with Crippen molar-refractivity contribution in [2.24, 2.45) is 0 Å². The van der Waals surface area contributed by atoms with E-state index in [0.29, 0.717) is 45.5 Å². The van der Waals surface area contributed by atoms with Gasteiger partial charge in [-0.2, -0.15) is 0 Å². The minimum atomic E-state index is -0.411. The number of carbonyl (C=O) groups is 1. The topological polar surface area (TPSA) is 80.4 Å². The molecule has 1 N–H and O–H groups in total. The van der Waals surface area contributed by atoms with E-state index in [0.717, 1.165) is 10.6 Å². The third-order valence-corrected chi connectivity index (χ3v) is 6.25. The Balaban J connectivity index is 1.59. The highest BCUT2D eigenvalue weighted by atomic mass is 35.5. The lowest BCUT2D eigenvalue weighted by Crippen LogP contribution is -2.23. The molecule has 0 unspecified atom stereocenters. The third kappa shape index (κ3) is 4.56. The first-order chi connectivity index (χ1) is 14.8. The number of oxazole rings is 1. The number of aryl methyl sites for hydroxylation is 1. The van der Waals surface area contributed by atoms with Crippen LogP contribution in [0.1, 0.15) is 15.4 Å². The van der Waals surface area contributed by atoms with Crippen molar-refractivity contribution < 1.29 is 9.21 Å². The molecule has 0 aliphatic heterocycles. The third-order valence-electron chi connectivity index (χ3n) is 4.79. The van der Waals surface area contributed by atoms with Crippen molar-refractivity contribution in [3.05, 3.63) is 68.6 Å². The molecule has 0 bridgehead atoms. The smallest absolute Gasteiger partial charge is 0.408 e. The number of anilines is 1. The fourth-order valence-electron chi connectivity index (χ4n) is 3.16. The number of amides is 1. The summed E-state index contributed by atoms with van der Waals surface area (Å²) in [7, 11) is 3.88. The molecule has 0 atom stereocenters. The number of carbonyl (C=O) groups excluding carboxylic acids is 1. The molecule has 0 aliphatic rings. The Bertz CT molecular complexity index is 1300. The highest BCUT2D eigenvalue weighted by molar-refractivity contribution is 7.17. The molecule has 4 rings (SSSR count). The van der Waals surface area contributed by atoms with Crippen LogP contribution in [0.4, 0.5) is 5.69 Å². The van der Waals surface area contributed by atoms with Crippen LogP contribution >= 0.6 is 22.9 Å². The SMILES string of the molecule is Cc1nc(-c2ccc(Cl)cc2)sc1C(=O)Nc1ccc2oc(=O)n(CCN(C)C)c2c1. The standard InChI is InChI=1S/C22H21ClN4O3S/c1-13-19(31-21(24-13)14-4-6-15(23)7-5-14)20(28)25-16-8-9-18-17(12-16)27(22(29)30-18)11-10-26(2)3/h4-9,12H,10-11H2,1-3H3,(H,25,28).